The molecule has 3 nitrogen and oxygen atoms in total. The van der Waals surface area contributed by atoms with E-state index in [-0.39, 0.29) is 5.60 Å². The number of hydrogen-bond donors (Lipinski definition) is 0. The molecule has 0 saturated carbocycles. The van der Waals surface area contributed by atoms with Crippen LogP contribution >= 0.6 is 0 Å². The van der Waals surface area contributed by atoms with Gasteiger partial charge in [0.25, 0.3) is 0 Å². The van der Waals surface area contributed by atoms with Gasteiger partial charge >= 0.3 is 0 Å². The largest absolute Gasteiger partial charge is 0.414 e. The van der Waals surface area contributed by atoms with Crippen LogP contribution in [0.1, 0.15) is 39.5 Å². The summed E-state index contributed by atoms with van der Waals surface area (Å²) in [7, 11) is -2.64. The van der Waals surface area contributed by atoms with Gasteiger partial charge in [0.1, 0.15) is 0 Å². The zero-order valence-corrected chi connectivity index (χ0v) is 16.8. The lowest BCUT2D eigenvalue weighted by molar-refractivity contribution is 0.0211. The summed E-state index contributed by atoms with van der Waals surface area (Å²) in [5, 5.41) is 0. The molecule has 2 atom stereocenters. The zero-order valence-electron chi connectivity index (χ0n) is 14.8. The van der Waals surface area contributed by atoms with Crippen molar-refractivity contribution in [2.45, 2.75) is 89.6 Å². The van der Waals surface area contributed by atoms with Crippen LogP contribution in [0.3, 0.4) is 0 Å². The van der Waals surface area contributed by atoms with Gasteiger partial charge in [0.05, 0.1) is 38.6 Å². The van der Waals surface area contributed by atoms with Crippen molar-refractivity contribution in [3.63, 3.8) is 0 Å². The van der Waals surface area contributed by atoms with Crippen molar-refractivity contribution in [3.05, 3.63) is 0 Å². The van der Waals surface area contributed by atoms with Crippen molar-refractivity contribution in [1.82, 2.24) is 0 Å². The van der Waals surface area contributed by atoms with Crippen molar-refractivity contribution in [2.24, 2.45) is 0 Å². The molecule has 0 spiro atoms. The van der Waals surface area contributed by atoms with Crippen LogP contribution < -0.4 is 0 Å². The Morgan fingerprint density at radius 1 is 0.952 bits per heavy atom. The molecule has 2 unspecified atom stereocenters. The first-order chi connectivity index (χ1) is 9.74. The third kappa shape index (κ3) is 4.64. The number of ether oxygens (including phenoxy) is 2. The third-order valence-corrected chi connectivity index (χ3v) is 21.8. The Morgan fingerprint density at radius 2 is 1.38 bits per heavy atom. The Kier molecular flexibility index (Phi) is 5.41. The van der Waals surface area contributed by atoms with Gasteiger partial charge in [-0.2, -0.15) is 0 Å². The zero-order chi connectivity index (χ0) is 15.7. The van der Waals surface area contributed by atoms with E-state index in [1.54, 1.807) is 0 Å². The smallest absolute Gasteiger partial charge is 0.174 e. The minimum Gasteiger partial charge on any atom is -0.414 e. The SMILES string of the molecule is CCC.C[Si]1(C)CCC(CC2CO2)(CC2CO2)O[Si]1(C)C. The fourth-order valence-electron chi connectivity index (χ4n) is 3.14. The van der Waals surface area contributed by atoms with Gasteiger partial charge in [-0.25, -0.2) is 0 Å². The first-order valence-electron chi connectivity index (χ1n) is 8.67. The molecule has 21 heavy (non-hydrogen) atoms. The lowest BCUT2D eigenvalue weighted by Gasteiger charge is -2.52. The van der Waals surface area contributed by atoms with Crippen LogP contribution in [0.15, 0.2) is 0 Å². The Bertz CT molecular complexity index is 335. The third-order valence-electron chi connectivity index (χ3n) is 5.31. The van der Waals surface area contributed by atoms with Crippen LogP contribution in [-0.4, -0.2) is 46.4 Å². The summed E-state index contributed by atoms with van der Waals surface area (Å²) < 4.78 is 17.7. The van der Waals surface area contributed by atoms with Gasteiger partial charge in [-0.15, -0.1) is 0 Å². The van der Waals surface area contributed by atoms with E-state index >= 15 is 0 Å². The Hall–Kier alpha value is 0.314. The van der Waals surface area contributed by atoms with E-state index in [4.69, 9.17) is 13.9 Å². The molecule has 0 aromatic heterocycles. The van der Waals surface area contributed by atoms with Gasteiger partial charge in [0.2, 0.25) is 0 Å². The minimum absolute atomic E-state index is 0.0839. The topological polar surface area (TPSA) is 34.3 Å². The van der Waals surface area contributed by atoms with Gasteiger partial charge in [0, 0.05) is 12.8 Å². The van der Waals surface area contributed by atoms with E-state index in [0.29, 0.717) is 12.2 Å². The van der Waals surface area contributed by atoms with Gasteiger partial charge < -0.3 is 13.9 Å². The van der Waals surface area contributed by atoms with Crippen molar-refractivity contribution >= 4 is 15.4 Å². The van der Waals surface area contributed by atoms with Gasteiger partial charge in [-0.05, 0) is 19.5 Å². The molecule has 3 aliphatic heterocycles. The first kappa shape index (κ1) is 17.7. The molecule has 0 amide bonds. The predicted octanol–water partition coefficient (Wildman–Crippen LogP) is 4.13. The summed E-state index contributed by atoms with van der Waals surface area (Å²) >= 11 is 0. The van der Waals surface area contributed by atoms with Gasteiger partial charge in [-0.3, -0.25) is 0 Å². The Balaban J connectivity index is 0.000000497. The van der Waals surface area contributed by atoms with E-state index in [1.807, 2.05) is 0 Å². The predicted molar refractivity (Wildman–Crippen MR) is 92.9 cm³/mol. The highest BCUT2D eigenvalue weighted by Gasteiger charge is 2.55. The molecule has 3 rings (SSSR count). The maximum atomic E-state index is 6.82. The molecule has 0 aromatic carbocycles. The second-order valence-corrected chi connectivity index (χ2v) is 23.4. The van der Waals surface area contributed by atoms with Crippen molar-refractivity contribution < 1.29 is 13.9 Å². The highest BCUT2D eigenvalue weighted by Crippen LogP contribution is 2.46. The monoisotopic (exact) mass is 330 g/mol. The lowest BCUT2D eigenvalue weighted by atomic mass is 9.89. The quantitative estimate of drug-likeness (QED) is 0.574. The fourth-order valence-corrected chi connectivity index (χ4v) is 10.1. The minimum atomic E-state index is -1.50. The van der Waals surface area contributed by atoms with Crippen LogP contribution in [0.2, 0.25) is 32.2 Å². The molecule has 0 aromatic rings. The molecule has 3 saturated heterocycles. The molecule has 0 radical (unpaired) electrons. The summed E-state index contributed by atoms with van der Waals surface area (Å²) in [4.78, 5) is 0. The number of epoxide rings is 2. The molecule has 3 fully saturated rings. The van der Waals surface area contributed by atoms with Crippen LogP contribution in [0.25, 0.3) is 0 Å². The molecule has 5 heteroatoms. The molecule has 0 bridgehead atoms. The summed E-state index contributed by atoms with van der Waals surface area (Å²) in [5.41, 5.74) is 0.0839. The summed E-state index contributed by atoms with van der Waals surface area (Å²) in [6.07, 6.45) is 5.64. The van der Waals surface area contributed by atoms with Crippen molar-refractivity contribution in [2.75, 3.05) is 13.2 Å². The molecule has 0 N–H and O–H groups in total. The van der Waals surface area contributed by atoms with E-state index in [0.717, 1.165) is 26.1 Å². The van der Waals surface area contributed by atoms with E-state index in [2.05, 4.69) is 40.0 Å². The Labute approximate surface area is 132 Å². The van der Waals surface area contributed by atoms with E-state index < -0.39 is 15.4 Å². The van der Waals surface area contributed by atoms with Crippen LogP contribution in [-0.2, 0) is 13.9 Å². The molecule has 3 aliphatic rings. The number of rotatable bonds is 4. The van der Waals surface area contributed by atoms with Gasteiger partial charge in [0.15, 0.2) is 7.83 Å². The van der Waals surface area contributed by atoms with E-state index in [9.17, 15) is 0 Å². The highest BCUT2D eigenvalue weighted by molar-refractivity contribution is 7.38. The van der Waals surface area contributed by atoms with Crippen molar-refractivity contribution in [3.8, 4) is 0 Å². The van der Waals surface area contributed by atoms with Crippen LogP contribution in [0, 0.1) is 0 Å². The maximum Gasteiger partial charge on any atom is 0.174 e. The Morgan fingerprint density at radius 3 is 1.71 bits per heavy atom. The standard InChI is InChI=1S/C13H26O3Si2.C3H8/c1-17(2)6-5-13(7-11-9-14-11,8-12-10-15-12)16-18(17,3)4;1-3-2/h11-12H,5-10H2,1-4H3;3H2,1-2H3. The van der Waals surface area contributed by atoms with Crippen LogP contribution in [0.5, 0.6) is 0 Å². The highest BCUT2D eigenvalue weighted by atomic mass is 29.3. The molecule has 3 heterocycles. The maximum absolute atomic E-state index is 6.82. The molecule has 124 valence electrons. The van der Waals surface area contributed by atoms with Crippen LogP contribution in [0.4, 0.5) is 0 Å². The van der Waals surface area contributed by atoms with E-state index in [1.165, 1.54) is 18.9 Å². The number of hydrogen-bond acceptors (Lipinski definition) is 3. The summed E-state index contributed by atoms with van der Waals surface area (Å²) in [6.45, 7) is 16.1. The summed E-state index contributed by atoms with van der Waals surface area (Å²) in [6, 6.07) is 1.42. The normalized spacial score (nSPS) is 39.1. The lowest BCUT2D eigenvalue weighted by Crippen LogP contribution is -2.65. The molecule has 0 aliphatic carbocycles. The first-order valence-corrected chi connectivity index (χ1v) is 15.8. The van der Waals surface area contributed by atoms with Gasteiger partial charge in [-0.1, -0.05) is 39.4 Å². The molecular formula is C16H34O3Si2. The second kappa shape index (κ2) is 6.44. The average molecular weight is 331 g/mol. The average Bonchev–Trinajstić information content (AvgIpc) is 3.23. The fraction of sp³-hybridized carbons (Fsp3) is 1.00. The summed E-state index contributed by atoms with van der Waals surface area (Å²) in [5.74, 6) is 0. The second-order valence-electron chi connectivity index (χ2n) is 8.21. The molecular weight excluding hydrogens is 296 g/mol. The van der Waals surface area contributed by atoms with Crippen molar-refractivity contribution in [1.29, 1.82) is 0 Å².